The topological polar surface area (TPSA) is 55.8 Å². The van der Waals surface area contributed by atoms with Gasteiger partial charge in [0.2, 0.25) is 0 Å². The van der Waals surface area contributed by atoms with Gasteiger partial charge < -0.3 is 15.3 Å². The number of carbonyl (C=O) groups excluding carboxylic acids is 1. The molecule has 6 heteroatoms. The lowest BCUT2D eigenvalue weighted by molar-refractivity contribution is 0.0431. The molecule has 1 fully saturated rings. The van der Waals surface area contributed by atoms with Gasteiger partial charge in [0, 0.05) is 43.6 Å². The lowest BCUT2D eigenvalue weighted by atomic mass is 9.96. The van der Waals surface area contributed by atoms with Gasteiger partial charge in [-0.3, -0.25) is 4.90 Å². The Balaban J connectivity index is 1.46. The van der Waals surface area contributed by atoms with Gasteiger partial charge in [0.15, 0.2) is 0 Å². The lowest BCUT2D eigenvalue weighted by Crippen LogP contribution is -2.52. The number of thiophene rings is 1. The summed E-state index contributed by atoms with van der Waals surface area (Å²) in [5.41, 5.74) is 1.44. The third kappa shape index (κ3) is 3.87. The van der Waals surface area contributed by atoms with Gasteiger partial charge in [-0.1, -0.05) is 6.92 Å². The average molecular weight is 337 g/mol. The standard InChI is InChI=1S/C17H27N3O2S/c1-12-3-6-20(11-15(12)21)17(22)18-9-13(2)19-7-4-16-14(10-19)5-8-23-16/h5,8,12-13,15,21H,3-4,6-7,9-11H2,1-2H3,(H,18,22). The third-order valence-electron chi connectivity index (χ3n) is 5.22. The highest BCUT2D eigenvalue weighted by molar-refractivity contribution is 7.10. The highest BCUT2D eigenvalue weighted by atomic mass is 32.1. The molecule has 3 atom stereocenters. The number of aliphatic hydroxyl groups is 1. The van der Waals surface area contributed by atoms with Crippen molar-refractivity contribution in [1.82, 2.24) is 15.1 Å². The van der Waals surface area contributed by atoms with Crippen molar-refractivity contribution in [2.45, 2.75) is 45.4 Å². The summed E-state index contributed by atoms with van der Waals surface area (Å²) >= 11 is 1.85. The summed E-state index contributed by atoms with van der Waals surface area (Å²) in [5, 5.41) is 15.1. The maximum atomic E-state index is 12.3. The molecule has 0 saturated carbocycles. The molecule has 5 nitrogen and oxygen atoms in total. The number of amides is 2. The van der Waals surface area contributed by atoms with Crippen LogP contribution in [0.15, 0.2) is 11.4 Å². The molecule has 2 N–H and O–H groups in total. The van der Waals surface area contributed by atoms with Crippen molar-refractivity contribution in [3.8, 4) is 0 Å². The molecule has 23 heavy (non-hydrogen) atoms. The van der Waals surface area contributed by atoms with E-state index in [2.05, 4.69) is 28.6 Å². The Morgan fingerprint density at radius 2 is 2.35 bits per heavy atom. The van der Waals surface area contributed by atoms with Crippen LogP contribution in [0.25, 0.3) is 0 Å². The van der Waals surface area contributed by atoms with Gasteiger partial charge >= 0.3 is 6.03 Å². The number of hydrogen-bond acceptors (Lipinski definition) is 4. The molecule has 0 spiro atoms. The van der Waals surface area contributed by atoms with Gasteiger partial charge in [-0.05, 0) is 42.7 Å². The summed E-state index contributed by atoms with van der Waals surface area (Å²) in [6.45, 7) is 8.09. The molecule has 1 aromatic rings. The number of piperidine rings is 1. The third-order valence-corrected chi connectivity index (χ3v) is 6.24. The molecular formula is C17H27N3O2S. The molecule has 0 bridgehead atoms. The van der Waals surface area contributed by atoms with E-state index in [0.29, 0.717) is 19.1 Å². The molecule has 3 unspecified atom stereocenters. The first-order valence-corrected chi connectivity index (χ1v) is 9.42. The molecule has 1 aromatic heterocycles. The van der Waals surface area contributed by atoms with Crippen LogP contribution in [-0.2, 0) is 13.0 Å². The molecule has 3 rings (SSSR count). The van der Waals surface area contributed by atoms with Crippen molar-refractivity contribution in [2.75, 3.05) is 26.2 Å². The predicted octanol–water partition coefficient (Wildman–Crippen LogP) is 1.91. The SMILES string of the molecule is CC1CCN(C(=O)NCC(C)N2CCc3sccc3C2)CC1O. The van der Waals surface area contributed by atoms with Crippen molar-refractivity contribution in [1.29, 1.82) is 0 Å². The van der Waals surface area contributed by atoms with E-state index in [1.165, 1.54) is 10.4 Å². The van der Waals surface area contributed by atoms with Gasteiger partial charge in [-0.15, -0.1) is 11.3 Å². The van der Waals surface area contributed by atoms with Crippen LogP contribution in [0.5, 0.6) is 0 Å². The predicted molar refractivity (Wildman–Crippen MR) is 92.7 cm³/mol. The fourth-order valence-corrected chi connectivity index (χ4v) is 4.25. The Hall–Kier alpha value is -1.11. The van der Waals surface area contributed by atoms with Crippen LogP contribution >= 0.6 is 11.3 Å². The summed E-state index contributed by atoms with van der Waals surface area (Å²) in [7, 11) is 0. The highest BCUT2D eigenvalue weighted by Gasteiger charge is 2.28. The zero-order valence-electron chi connectivity index (χ0n) is 14.0. The number of urea groups is 1. The van der Waals surface area contributed by atoms with Crippen molar-refractivity contribution >= 4 is 17.4 Å². The monoisotopic (exact) mass is 337 g/mol. The summed E-state index contributed by atoms with van der Waals surface area (Å²) in [6.07, 6.45) is 1.59. The van der Waals surface area contributed by atoms with E-state index in [1.807, 2.05) is 18.3 Å². The van der Waals surface area contributed by atoms with Crippen LogP contribution in [0.3, 0.4) is 0 Å². The van der Waals surface area contributed by atoms with E-state index < -0.39 is 6.10 Å². The second kappa shape index (κ2) is 7.20. The van der Waals surface area contributed by atoms with Gasteiger partial charge in [0.25, 0.3) is 0 Å². The fourth-order valence-electron chi connectivity index (χ4n) is 3.36. The van der Waals surface area contributed by atoms with E-state index in [0.717, 1.165) is 32.5 Å². The van der Waals surface area contributed by atoms with E-state index >= 15 is 0 Å². The number of nitrogens with one attached hydrogen (secondary N) is 1. The van der Waals surface area contributed by atoms with E-state index in [4.69, 9.17) is 0 Å². The zero-order chi connectivity index (χ0) is 16.4. The molecular weight excluding hydrogens is 310 g/mol. The number of nitrogens with zero attached hydrogens (tertiary/aromatic N) is 2. The Kier molecular flexibility index (Phi) is 5.24. The number of β-amino-alcohol motifs (C(OH)–C–C–N with tert-alkyl or cyclic N) is 1. The Bertz CT molecular complexity index is 548. The second-order valence-corrected chi connectivity index (χ2v) is 7.90. The van der Waals surface area contributed by atoms with Gasteiger partial charge in [0.05, 0.1) is 6.10 Å². The molecule has 2 aliphatic rings. The normalized spacial score (nSPS) is 26.7. The van der Waals surface area contributed by atoms with Crippen molar-refractivity contribution < 1.29 is 9.90 Å². The summed E-state index contributed by atoms with van der Waals surface area (Å²) in [5.74, 6) is 0.283. The van der Waals surface area contributed by atoms with Crippen LogP contribution in [0.2, 0.25) is 0 Å². The number of rotatable bonds is 3. The largest absolute Gasteiger partial charge is 0.391 e. The van der Waals surface area contributed by atoms with Crippen LogP contribution < -0.4 is 5.32 Å². The van der Waals surface area contributed by atoms with Crippen LogP contribution in [-0.4, -0.2) is 59.3 Å². The molecule has 2 amide bonds. The smallest absolute Gasteiger partial charge is 0.317 e. The molecule has 0 aromatic carbocycles. The quantitative estimate of drug-likeness (QED) is 0.886. The minimum atomic E-state index is -0.397. The summed E-state index contributed by atoms with van der Waals surface area (Å²) < 4.78 is 0. The summed E-state index contributed by atoms with van der Waals surface area (Å²) in [4.78, 5) is 18.0. The first-order valence-electron chi connectivity index (χ1n) is 8.54. The first kappa shape index (κ1) is 16.7. The Morgan fingerprint density at radius 1 is 1.52 bits per heavy atom. The van der Waals surface area contributed by atoms with Gasteiger partial charge in [0.1, 0.15) is 0 Å². The number of hydrogen-bond donors (Lipinski definition) is 2. The van der Waals surface area contributed by atoms with Crippen LogP contribution in [0.4, 0.5) is 4.79 Å². The number of carbonyl (C=O) groups is 1. The molecule has 2 aliphatic heterocycles. The van der Waals surface area contributed by atoms with E-state index in [-0.39, 0.29) is 11.9 Å². The Morgan fingerprint density at radius 3 is 3.13 bits per heavy atom. The maximum absolute atomic E-state index is 12.3. The Labute approximate surface area is 142 Å². The first-order chi connectivity index (χ1) is 11.0. The van der Waals surface area contributed by atoms with Gasteiger partial charge in [-0.25, -0.2) is 4.79 Å². The fraction of sp³-hybridized carbons (Fsp3) is 0.706. The van der Waals surface area contributed by atoms with Crippen molar-refractivity contribution in [2.24, 2.45) is 5.92 Å². The molecule has 1 saturated heterocycles. The molecule has 128 valence electrons. The zero-order valence-corrected chi connectivity index (χ0v) is 14.8. The number of aliphatic hydroxyl groups excluding tert-OH is 1. The highest BCUT2D eigenvalue weighted by Crippen LogP contribution is 2.25. The number of fused-ring (bicyclic) bond motifs is 1. The molecule has 0 aliphatic carbocycles. The molecule has 0 radical (unpaired) electrons. The molecule has 3 heterocycles. The van der Waals surface area contributed by atoms with Crippen molar-refractivity contribution in [3.63, 3.8) is 0 Å². The lowest BCUT2D eigenvalue weighted by Gasteiger charge is -2.36. The van der Waals surface area contributed by atoms with Crippen molar-refractivity contribution in [3.05, 3.63) is 21.9 Å². The number of likely N-dealkylation sites (tertiary alicyclic amines) is 1. The van der Waals surface area contributed by atoms with E-state index in [1.54, 1.807) is 4.90 Å². The van der Waals surface area contributed by atoms with Crippen LogP contribution in [0, 0.1) is 5.92 Å². The second-order valence-electron chi connectivity index (χ2n) is 6.90. The average Bonchev–Trinajstić information content (AvgIpc) is 3.02. The maximum Gasteiger partial charge on any atom is 0.317 e. The summed E-state index contributed by atoms with van der Waals surface area (Å²) in [6, 6.07) is 2.49. The van der Waals surface area contributed by atoms with Gasteiger partial charge in [-0.2, -0.15) is 0 Å². The minimum Gasteiger partial charge on any atom is -0.391 e. The minimum absolute atomic E-state index is 0.0453. The van der Waals surface area contributed by atoms with E-state index in [9.17, 15) is 9.90 Å². The van der Waals surface area contributed by atoms with Crippen LogP contribution in [0.1, 0.15) is 30.7 Å².